The highest BCUT2D eigenvalue weighted by Gasteiger charge is 2.36. The molecule has 3 rings (SSSR count). The molecular weight excluding hydrogens is 342 g/mol. The lowest BCUT2D eigenvalue weighted by molar-refractivity contribution is -0.124. The van der Waals surface area contributed by atoms with E-state index in [1.807, 2.05) is 0 Å². The van der Waals surface area contributed by atoms with Gasteiger partial charge in [-0.05, 0) is 25.0 Å². The number of nitrogens with two attached hydrogens (primary N) is 1. The first-order chi connectivity index (χ1) is 11.0. The van der Waals surface area contributed by atoms with Gasteiger partial charge in [-0.25, -0.2) is 8.78 Å². The van der Waals surface area contributed by atoms with Gasteiger partial charge in [-0.1, -0.05) is 0 Å². The molecule has 1 fully saturated rings. The molecule has 130 valence electrons. The number of nitrogens with one attached hydrogen (secondary N) is 2. The number of H-pyrrole nitrogens is 1. The number of anilines is 1. The van der Waals surface area contributed by atoms with E-state index in [2.05, 4.69) is 15.5 Å². The SMILES string of the molecule is Cl.NC1(C(=O)Nc2cc(-c3cc(F)cc(F)c3)[nH]n2)CCOCC1. The van der Waals surface area contributed by atoms with E-state index < -0.39 is 17.2 Å². The molecule has 24 heavy (non-hydrogen) atoms. The van der Waals surface area contributed by atoms with Crippen LogP contribution < -0.4 is 11.1 Å². The highest BCUT2D eigenvalue weighted by atomic mass is 35.5. The number of hydrogen-bond acceptors (Lipinski definition) is 4. The molecule has 0 saturated carbocycles. The van der Waals surface area contributed by atoms with Crippen molar-refractivity contribution in [3.8, 4) is 11.3 Å². The molecule has 0 spiro atoms. The van der Waals surface area contributed by atoms with Gasteiger partial charge in [0.25, 0.3) is 0 Å². The maximum absolute atomic E-state index is 13.3. The van der Waals surface area contributed by atoms with Crippen LogP contribution in [0.15, 0.2) is 24.3 Å². The average molecular weight is 359 g/mol. The normalized spacial score (nSPS) is 16.3. The molecule has 2 aromatic rings. The van der Waals surface area contributed by atoms with Crippen LogP contribution in [0.1, 0.15) is 12.8 Å². The molecule has 4 N–H and O–H groups in total. The minimum Gasteiger partial charge on any atom is -0.381 e. The van der Waals surface area contributed by atoms with Crippen molar-refractivity contribution in [2.75, 3.05) is 18.5 Å². The zero-order valence-corrected chi connectivity index (χ0v) is 13.5. The summed E-state index contributed by atoms with van der Waals surface area (Å²) in [6.45, 7) is 0.858. The van der Waals surface area contributed by atoms with Gasteiger partial charge in [0.05, 0.1) is 5.69 Å². The number of aromatic nitrogens is 2. The Labute approximate surface area is 143 Å². The van der Waals surface area contributed by atoms with Crippen molar-refractivity contribution in [2.45, 2.75) is 18.4 Å². The molecule has 1 aliphatic heterocycles. The first kappa shape index (κ1) is 18.3. The van der Waals surface area contributed by atoms with Gasteiger partial charge in [-0.2, -0.15) is 5.10 Å². The number of carbonyl (C=O) groups excluding carboxylic acids is 1. The third-order valence-electron chi connectivity index (χ3n) is 3.83. The van der Waals surface area contributed by atoms with Gasteiger partial charge in [0.2, 0.25) is 5.91 Å². The average Bonchev–Trinajstić information content (AvgIpc) is 2.95. The molecule has 0 radical (unpaired) electrons. The predicted molar refractivity (Wildman–Crippen MR) is 86.8 cm³/mol. The zero-order valence-electron chi connectivity index (χ0n) is 12.6. The molecule has 0 atom stereocenters. The number of carbonyl (C=O) groups is 1. The third kappa shape index (κ3) is 3.89. The number of rotatable bonds is 3. The Bertz CT molecular complexity index is 712. The smallest absolute Gasteiger partial charge is 0.245 e. The number of aromatic amines is 1. The highest BCUT2D eigenvalue weighted by molar-refractivity contribution is 5.97. The Hall–Kier alpha value is -2.03. The second kappa shape index (κ2) is 7.25. The summed E-state index contributed by atoms with van der Waals surface area (Å²) in [6.07, 6.45) is 0.844. The first-order valence-electron chi connectivity index (χ1n) is 7.16. The van der Waals surface area contributed by atoms with Crippen LogP contribution in [-0.4, -0.2) is 34.9 Å². The minimum atomic E-state index is -0.998. The van der Waals surface area contributed by atoms with E-state index in [1.54, 1.807) is 0 Å². The predicted octanol–water partition coefficient (Wildman–Crippen LogP) is 2.22. The lowest BCUT2D eigenvalue weighted by Gasteiger charge is -2.31. The van der Waals surface area contributed by atoms with E-state index in [4.69, 9.17) is 10.5 Å². The van der Waals surface area contributed by atoms with E-state index in [1.165, 1.54) is 18.2 Å². The molecule has 0 unspecified atom stereocenters. The van der Waals surface area contributed by atoms with Gasteiger partial charge in [0, 0.05) is 30.9 Å². The lowest BCUT2D eigenvalue weighted by Crippen LogP contribution is -2.54. The second-order valence-electron chi connectivity index (χ2n) is 5.55. The molecule has 0 bridgehead atoms. The number of nitrogens with zero attached hydrogens (tertiary/aromatic N) is 1. The Morgan fingerprint density at radius 3 is 2.46 bits per heavy atom. The summed E-state index contributed by atoms with van der Waals surface area (Å²) in [5, 5.41) is 9.19. The van der Waals surface area contributed by atoms with Gasteiger partial charge in [0.1, 0.15) is 17.2 Å². The van der Waals surface area contributed by atoms with E-state index in [0.29, 0.717) is 37.3 Å². The molecule has 0 aliphatic carbocycles. The molecule has 1 aliphatic rings. The monoisotopic (exact) mass is 358 g/mol. The molecule has 6 nitrogen and oxygen atoms in total. The summed E-state index contributed by atoms with van der Waals surface area (Å²) < 4.78 is 31.7. The second-order valence-corrected chi connectivity index (χ2v) is 5.55. The van der Waals surface area contributed by atoms with Crippen LogP contribution in [0, 0.1) is 11.6 Å². The van der Waals surface area contributed by atoms with Crippen molar-refractivity contribution in [2.24, 2.45) is 5.73 Å². The van der Waals surface area contributed by atoms with Crippen LogP contribution in [0.3, 0.4) is 0 Å². The van der Waals surface area contributed by atoms with Crippen LogP contribution in [0.25, 0.3) is 11.3 Å². The Morgan fingerprint density at radius 1 is 1.21 bits per heavy atom. The number of ether oxygens (including phenoxy) is 1. The fourth-order valence-corrected chi connectivity index (χ4v) is 2.45. The Morgan fingerprint density at radius 2 is 1.83 bits per heavy atom. The van der Waals surface area contributed by atoms with Gasteiger partial charge >= 0.3 is 0 Å². The van der Waals surface area contributed by atoms with E-state index >= 15 is 0 Å². The Kier molecular flexibility index (Phi) is 5.53. The molecule has 1 aromatic heterocycles. The first-order valence-corrected chi connectivity index (χ1v) is 7.16. The van der Waals surface area contributed by atoms with Crippen molar-refractivity contribution < 1.29 is 18.3 Å². The molecular formula is C15H17ClF2N4O2. The summed E-state index contributed by atoms with van der Waals surface area (Å²) >= 11 is 0. The van der Waals surface area contributed by atoms with Crippen LogP contribution >= 0.6 is 12.4 Å². The van der Waals surface area contributed by atoms with Crippen LogP contribution in [0.2, 0.25) is 0 Å². The molecule has 9 heteroatoms. The van der Waals surface area contributed by atoms with Crippen LogP contribution in [-0.2, 0) is 9.53 Å². The minimum absolute atomic E-state index is 0. The summed E-state index contributed by atoms with van der Waals surface area (Å²) in [5.74, 6) is -1.50. The molecule has 1 aromatic carbocycles. The number of amides is 1. The van der Waals surface area contributed by atoms with E-state index in [-0.39, 0.29) is 24.1 Å². The maximum atomic E-state index is 13.3. The zero-order chi connectivity index (χ0) is 16.4. The van der Waals surface area contributed by atoms with E-state index in [0.717, 1.165) is 6.07 Å². The van der Waals surface area contributed by atoms with E-state index in [9.17, 15) is 13.6 Å². The summed E-state index contributed by atoms with van der Waals surface area (Å²) in [7, 11) is 0. The van der Waals surface area contributed by atoms with Crippen LogP contribution in [0.4, 0.5) is 14.6 Å². The standard InChI is InChI=1S/C15H16F2N4O2.ClH/c16-10-5-9(6-11(17)7-10)12-8-13(21-20-12)19-14(22)15(18)1-3-23-4-2-15;/h5-8H,1-4,18H2,(H2,19,20,21,22);1H. The fourth-order valence-electron chi connectivity index (χ4n) is 2.45. The quantitative estimate of drug-likeness (QED) is 0.784. The number of benzene rings is 1. The van der Waals surface area contributed by atoms with Crippen molar-refractivity contribution in [3.63, 3.8) is 0 Å². The van der Waals surface area contributed by atoms with Gasteiger partial charge in [-0.15, -0.1) is 12.4 Å². The van der Waals surface area contributed by atoms with Crippen molar-refractivity contribution >= 4 is 24.1 Å². The third-order valence-corrected chi connectivity index (χ3v) is 3.83. The summed E-state index contributed by atoms with van der Waals surface area (Å²) in [5.41, 5.74) is 5.76. The summed E-state index contributed by atoms with van der Waals surface area (Å²) in [4.78, 5) is 12.3. The molecule has 1 saturated heterocycles. The van der Waals surface area contributed by atoms with Gasteiger partial charge in [-0.3, -0.25) is 9.89 Å². The van der Waals surface area contributed by atoms with Gasteiger partial charge in [0.15, 0.2) is 5.82 Å². The highest BCUT2D eigenvalue weighted by Crippen LogP contribution is 2.24. The molecule has 2 heterocycles. The largest absolute Gasteiger partial charge is 0.381 e. The lowest BCUT2D eigenvalue weighted by atomic mass is 9.90. The summed E-state index contributed by atoms with van der Waals surface area (Å²) in [6, 6.07) is 4.62. The maximum Gasteiger partial charge on any atom is 0.245 e. The van der Waals surface area contributed by atoms with Crippen molar-refractivity contribution in [1.82, 2.24) is 10.2 Å². The Balaban J connectivity index is 0.00000208. The van der Waals surface area contributed by atoms with Gasteiger partial charge < -0.3 is 15.8 Å². The topological polar surface area (TPSA) is 93.0 Å². The van der Waals surface area contributed by atoms with Crippen LogP contribution in [0.5, 0.6) is 0 Å². The van der Waals surface area contributed by atoms with Crippen molar-refractivity contribution in [1.29, 1.82) is 0 Å². The van der Waals surface area contributed by atoms with Crippen molar-refractivity contribution in [3.05, 3.63) is 35.9 Å². The number of halogens is 3. The fraction of sp³-hybridized carbons (Fsp3) is 0.333. The number of hydrogen-bond donors (Lipinski definition) is 3. The molecule has 1 amide bonds.